The van der Waals surface area contributed by atoms with Crippen LogP contribution in [0.25, 0.3) is 0 Å². The molecule has 2 amide bonds. The van der Waals surface area contributed by atoms with Crippen molar-refractivity contribution in [2.75, 3.05) is 24.2 Å². The lowest BCUT2D eigenvalue weighted by Crippen LogP contribution is -2.25. The Morgan fingerprint density at radius 3 is 2.88 bits per heavy atom. The molecule has 2 N–H and O–H groups in total. The molecule has 0 radical (unpaired) electrons. The van der Waals surface area contributed by atoms with Gasteiger partial charge in [0.15, 0.2) is 0 Å². The zero-order valence-corrected chi connectivity index (χ0v) is 15.3. The van der Waals surface area contributed by atoms with E-state index in [-0.39, 0.29) is 11.8 Å². The van der Waals surface area contributed by atoms with Gasteiger partial charge in [0.1, 0.15) is 0 Å². The molecule has 5 nitrogen and oxygen atoms in total. The van der Waals surface area contributed by atoms with E-state index in [2.05, 4.69) is 10.6 Å². The van der Waals surface area contributed by atoms with Crippen molar-refractivity contribution >= 4 is 29.3 Å². The van der Waals surface area contributed by atoms with Gasteiger partial charge in [-0.15, -0.1) is 11.8 Å². The Hall–Kier alpha value is -2.31. The minimum Gasteiger partial charge on any atom is -0.377 e. The fourth-order valence-electron chi connectivity index (χ4n) is 2.60. The lowest BCUT2D eigenvalue weighted by Gasteiger charge is -2.10. The number of fused-ring (bicyclic) bond motifs is 1. The molecule has 2 aromatic carbocycles. The van der Waals surface area contributed by atoms with Gasteiger partial charge < -0.3 is 15.4 Å². The van der Waals surface area contributed by atoms with Crippen LogP contribution in [-0.2, 0) is 16.1 Å². The monoisotopic (exact) mass is 370 g/mol. The Kier molecular flexibility index (Phi) is 6.68. The first-order valence-corrected chi connectivity index (χ1v) is 9.67. The molecule has 0 bridgehead atoms. The SMILES string of the molecule is O=C1CCSc2ccc(C(=O)NCCCOCc3ccccc3)cc2N1. The Labute approximate surface area is 157 Å². The van der Waals surface area contributed by atoms with Crippen LogP contribution in [0.3, 0.4) is 0 Å². The highest BCUT2D eigenvalue weighted by atomic mass is 32.2. The summed E-state index contributed by atoms with van der Waals surface area (Å²) in [7, 11) is 0. The molecule has 136 valence electrons. The van der Waals surface area contributed by atoms with E-state index in [1.165, 1.54) is 0 Å². The predicted octanol–water partition coefficient (Wildman–Crippen LogP) is 3.46. The molecule has 0 unspecified atom stereocenters. The molecular formula is C20H22N2O3S. The number of thioether (sulfide) groups is 1. The lowest BCUT2D eigenvalue weighted by molar-refractivity contribution is -0.115. The molecule has 6 heteroatoms. The largest absolute Gasteiger partial charge is 0.377 e. The molecule has 1 aliphatic heterocycles. The van der Waals surface area contributed by atoms with Gasteiger partial charge in [0, 0.05) is 35.8 Å². The summed E-state index contributed by atoms with van der Waals surface area (Å²) < 4.78 is 5.61. The molecule has 0 saturated carbocycles. The first-order chi connectivity index (χ1) is 12.7. The van der Waals surface area contributed by atoms with E-state index in [0.717, 1.165) is 28.3 Å². The lowest BCUT2D eigenvalue weighted by atomic mass is 10.2. The second kappa shape index (κ2) is 9.40. The van der Waals surface area contributed by atoms with Crippen molar-refractivity contribution in [1.82, 2.24) is 5.32 Å². The van der Waals surface area contributed by atoms with Crippen LogP contribution in [0.4, 0.5) is 5.69 Å². The van der Waals surface area contributed by atoms with Crippen molar-refractivity contribution in [2.45, 2.75) is 24.3 Å². The topological polar surface area (TPSA) is 67.4 Å². The maximum absolute atomic E-state index is 12.3. The average Bonchev–Trinajstić information content (AvgIpc) is 2.85. The molecule has 0 fully saturated rings. The Bertz CT molecular complexity index is 765. The van der Waals surface area contributed by atoms with Crippen LogP contribution in [0, 0.1) is 0 Å². The Balaban J connectivity index is 1.41. The highest BCUT2D eigenvalue weighted by Gasteiger charge is 2.15. The second-order valence-corrected chi connectivity index (χ2v) is 7.14. The highest BCUT2D eigenvalue weighted by Crippen LogP contribution is 2.31. The summed E-state index contributed by atoms with van der Waals surface area (Å²) in [5.74, 6) is 0.608. The van der Waals surface area contributed by atoms with E-state index in [0.29, 0.717) is 31.7 Å². The van der Waals surface area contributed by atoms with E-state index >= 15 is 0 Å². The van der Waals surface area contributed by atoms with E-state index in [9.17, 15) is 9.59 Å². The molecule has 1 heterocycles. The molecule has 2 aromatic rings. The van der Waals surface area contributed by atoms with E-state index in [1.807, 2.05) is 36.4 Å². The molecule has 3 rings (SSSR count). The first kappa shape index (κ1) is 18.5. The summed E-state index contributed by atoms with van der Waals surface area (Å²) in [6, 6.07) is 15.4. The first-order valence-electron chi connectivity index (χ1n) is 8.69. The summed E-state index contributed by atoms with van der Waals surface area (Å²) in [5, 5.41) is 5.75. The number of ether oxygens (including phenoxy) is 1. The zero-order valence-electron chi connectivity index (χ0n) is 14.5. The van der Waals surface area contributed by atoms with Crippen molar-refractivity contribution in [1.29, 1.82) is 0 Å². The zero-order chi connectivity index (χ0) is 18.2. The summed E-state index contributed by atoms with van der Waals surface area (Å²) in [4.78, 5) is 24.9. The smallest absolute Gasteiger partial charge is 0.251 e. The van der Waals surface area contributed by atoms with Crippen LogP contribution in [-0.4, -0.2) is 30.7 Å². The van der Waals surface area contributed by atoms with Crippen molar-refractivity contribution in [3.63, 3.8) is 0 Å². The normalized spacial score (nSPS) is 13.5. The molecule has 0 saturated heterocycles. The standard InChI is InChI=1S/C20H22N2O3S/c23-19-9-12-26-18-8-7-16(13-17(18)22-19)20(24)21-10-4-11-25-14-15-5-2-1-3-6-15/h1-3,5-8,13H,4,9-12,14H2,(H,21,24)(H,22,23). The number of nitrogens with one attached hydrogen (secondary N) is 2. The summed E-state index contributed by atoms with van der Waals surface area (Å²) in [5.41, 5.74) is 2.41. The van der Waals surface area contributed by atoms with Gasteiger partial charge in [-0.2, -0.15) is 0 Å². The second-order valence-electron chi connectivity index (χ2n) is 6.01. The molecule has 0 atom stereocenters. The van der Waals surface area contributed by atoms with Crippen LogP contribution >= 0.6 is 11.8 Å². The van der Waals surface area contributed by atoms with Crippen molar-refractivity contribution in [3.8, 4) is 0 Å². The van der Waals surface area contributed by atoms with Crippen LogP contribution in [0.1, 0.15) is 28.8 Å². The van der Waals surface area contributed by atoms with E-state index < -0.39 is 0 Å². The maximum Gasteiger partial charge on any atom is 0.251 e. The van der Waals surface area contributed by atoms with Crippen LogP contribution in [0.15, 0.2) is 53.4 Å². The average molecular weight is 370 g/mol. The fourth-order valence-corrected chi connectivity index (χ4v) is 3.54. The number of hydrogen-bond donors (Lipinski definition) is 2. The number of benzene rings is 2. The number of rotatable bonds is 7. The molecule has 0 aromatic heterocycles. The maximum atomic E-state index is 12.3. The summed E-state index contributed by atoms with van der Waals surface area (Å²) in [6.07, 6.45) is 1.24. The van der Waals surface area contributed by atoms with Gasteiger partial charge in [-0.1, -0.05) is 30.3 Å². The minimum absolute atomic E-state index is 0.00984. The van der Waals surface area contributed by atoms with E-state index in [4.69, 9.17) is 4.74 Å². The van der Waals surface area contributed by atoms with Gasteiger partial charge in [0.2, 0.25) is 5.91 Å². The van der Waals surface area contributed by atoms with Gasteiger partial charge in [0.25, 0.3) is 5.91 Å². The van der Waals surface area contributed by atoms with Crippen molar-refractivity contribution in [2.24, 2.45) is 0 Å². The van der Waals surface area contributed by atoms with Crippen LogP contribution in [0.5, 0.6) is 0 Å². The predicted molar refractivity (Wildman–Crippen MR) is 103 cm³/mol. The fraction of sp³-hybridized carbons (Fsp3) is 0.300. The third-order valence-electron chi connectivity index (χ3n) is 3.97. The molecule has 26 heavy (non-hydrogen) atoms. The van der Waals surface area contributed by atoms with Crippen molar-refractivity contribution in [3.05, 3.63) is 59.7 Å². The number of carbonyl (C=O) groups is 2. The van der Waals surface area contributed by atoms with Gasteiger partial charge in [0.05, 0.1) is 12.3 Å². The quantitative estimate of drug-likeness (QED) is 0.733. The van der Waals surface area contributed by atoms with Gasteiger partial charge in [-0.3, -0.25) is 9.59 Å². The molecule has 1 aliphatic rings. The third-order valence-corrected chi connectivity index (χ3v) is 5.04. The number of anilines is 1. The molecule has 0 spiro atoms. The van der Waals surface area contributed by atoms with Gasteiger partial charge in [-0.25, -0.2) is 0 Å². The summed E-state index contributed by atoms with van der Waals surface area (Å²) in [6.45, 7) is 1.72. The molecular weight excluding hydrogens is 348 g/mol. The van der Waals surface area contributed by atoms with Gasteiger partial charge >= 0.3 is 0 Å². The number of carbonyl (C=O) groups excluding carboxylic acids is 2. The Morgan fingerprint density at radius 2 is 2.04 bits per heavy atom. The summed E-state index contributed by atoms with van der Waals surface area (Å²) >= 11 is 1.63. The van der Waals surface area contributed by atoms with Gasteiger partial charge in [-0.05, 0) is 30.2 Å². The van der Waals surface area contributed by atoms with Crippen LogP contribution < -0.4 is 10.6 Å². The van der Waals surface area contributed by atoms with Crippen LogP contribution in [0.2, 0.25) is 0 Å². The van der Waals surface area contributed by atoms with E-state index in [1.54, 1.807) is 23.9 Å². The minimum atomic E-state index is -0.139. The number of amides is 2. The van der Waals surface area contributed by atoms with Crippen molar-refractivity contribution < 1.29 is 14.3 Å². The third kappa shape index (κ3) is 5.34. The molecule has 0 aliphatic carbocycles. The Morgan fingerprint density at radius 1 is 1.19 bits per heavy atom. The highest BCUT2D eigenvalue weighted by molar-refractivity contribution is 7.99. The number of hydrogen-bond acceptors (Lipinski definition) is 4.